The minimum Gasteiger partial charge on any atom is -0.399 e. The molecule has 27 heavy (non-hydrogen) atoms. The Labute approximate surface area is 155 Å². The largest absolute Gasteiger partial charge is 0.399 e. The summed E-state index contributed by atoms with van der Waals surface area (Å²) in [4.78, 5) is 39.6. The fourth-order valence-electron chi connectivity index (χ4n) is 2.87. The molecule has 0 bridgehead atoms. The van der Waals surface area contributed by atoms with Gasteiger partial charge in [-0.3, -0.25) is 19.7 Å². The van der Waals surface area contributed by atoms with Crippen LogP contribution in [0.5, 0.6) is 0 Å². The molecule has 0 aromatic heterocycles. The molecular formula is C19H19FN4O3. The molecule has 1 fully saturated rings. The zero-order chi connectivity index (χ0) is 19.4. The topological polar surface area (TPSA) is 95.7 Å². The molecule has 2 aromatic carbocycles. The fourth-order valence-corrected chi connectivity index (χ4v) is 2.87. The number of piperazine rings is 1. The van der Waals surface area contributed by atoms with Crippen LogP contribution in [0.1, 0.15) is 10.4 Å². The monoisotopic (exact) mass is 370 g/mol. The van der Waals surface area contributed by atoms with Gasteiger partial charge in [-0.15, -0.1) is 0 Å². The van der Waals surface area contributed by atoms with Gasteiger partial charge in [0, 0.05) is 37.4 Å². The van der Waals surface area contributed by atoms with Crippen molar-refractivity contribution in [2.24, 2.45) is 0 Å². The van der Waals surface area contributed by atoms with Gasteiger partial charge in [-0.05, 0) is 36.4 Å². The Morgan fingerprint density at radius 1 is 0.926 bits per heavy atom. The van der Waals surface area contributed by atoms with Crippen LogP contribution in [-0.2, 0) is 9.59 Å². The summed E-state index contributed by atoms with van der Waals surface area (Å²) in [6.45, 7) is 1.31. The quantitative estimate of drug-likeness (QED) is 0.608. The normalized spacial score (nSPS) is 14.0. The van der Waals surface area contributed by atoms with Gasteiger partial charge in [-0.1, -0.05) is 12.1 Å². The predicted molar refractivity (Wildman–Crippen MR) is 98.5 cm³/mol. The third kappa shape index (κ3) is 4.22. The molecule has 0 saturated carbocycles. The van der Waals surface area contributed by atoms with Crippen LogP contribution >= 0.6 is 0 Å². The van der Waals surface area contributed by atoms with Crippen molar-refractivity contribution in [3.8, 4) is 0 Å². The summed E-state index contributed by atoms with van der Waals surface area (Å²) in [6, 6.07) is 12.4. The van der Waals surface area contributed by atoms with Gasteiger partial charge in [0.25, 0.3) is 5.91 Å². The number of carbonyl (C=O) groups excluding carboxylic acids is 3. The second-order valence-corrected chi connectivity index (χ2v) is 6.14. The Hall–Kier alpha value is -3.42. The molecule has 0 atom stereocenters. The number of rotatable bonds is 2. The number of anilines is 2. The van der Waals surface area contributed by atoms with E-state index in [4.69, 9.17) is 5.73 Å². The van der Waals surface area contributed by atoms with Crippen LogP contribution in [0.25, 0.3) is 0 Å². The number of hydrogen-bond donors (Lipinski definition) is 2. The maximum Gasteiger partial charge on any atom is 0.316 e. The van der Waals surface area contributed by atoms with E-state index in [0.717, 1.165) is 0 Å². The Morgan fingerprint density at radius 3 is 2.19 bits per heavy atom. The third-order valence-electron chi connectivity index (χ3n) is 4.35. The average molecular weight is 370 g/mol. The molecule has 1 aliphatic rings. The van der Waals surface area contributed by atoms with Gasteiger partial charge >= 0.3 is 11.8 Å². The van der Waals surface area contributed by atoms with E-state index >= 15 is 0 Å². The van der Waals surface area contributed by atoms with E-state index in [-0.39, 0.29) is 24.5 Å². The average Bonchev–Trinajstić information content (AvgIpc) is 2.68. The molecule has 0 spiro atoms. The summed E-state index contributed by atoms with van der Waals surface area (Å²) in [5.74, 6) is -2.77. The molecule has 1 heterocycles. The molecule has 2 aromatic rings. The summed E-state index contributed by atoms with van der Waals surface area (Å²) in [7, 11) is 0. The van der Waals surface area contributed by atoms with E-state index in [2.05, 4.69) is 5.32 Å². The molecule has 3 rings (SSSR count). The molecule has 1 saturated heterocycles. The van der Waals surface area contributed by atoms with Crippen LogP contribution in [0.4, 0.5) is 15.8 Å². The molecule has 8 heteroatoms. The van der Waals surface area contributed by atoms with Crippen molar-refractivity contribution in [3.63, 3.8) is 0 Å². The lowest BCUT2D eigenvalue weighted by Crippen LogP contribution is -2.53. The minimum absolute atomic E-state index is 0.231. The summed E-state index contributed by atoms with van der Waals surface area (Å²) in [5.41, 5.74) is 6.73. The first-order chi connectivity index (χ1) is 13.0. The zero-order valence-corrected chi connectivity index (χ0v) is 14.5. The van der Waals surface area contributed by atoms with Crippen LogP contribution in [0, 0.1) is 5.82 Å². The molecule has 3 amide bonds. The lowest BCUT2D eigenvalue weighted by molar-refractivity contribution is -0.145. The standard InChI is InChI=1S/C19H19FN4O3/c20-15-3-1-2-4-16(15)23-9-11-24(12-10-23)19(27)18(26)22-17(25)13-5-7-14(21)8-6-13/h1-8H,9-12,21H2,(H,22,25,26). The first kappa shape index (κ1) is 18.4. The number of amides is 3. The van der Waals surface area contributed by atoms with Gasteiger partial charge in [-0.25, -0.2) is 4.39 Å². The molecule has 0 unspecified atom stereocenters. The maximum atomic E-state index is 13.9. The SMILES string of the molecule is Nc1ccc(C(=O)NC(=O)C(=O)N2CCN(c3ccccc3F)CC2)cc1. The summed E-state index contributed by atoms with van der Waals surface area (Å²) >= 11 is 0. The second-order valence-electron chi connectivity index (χ2n) is 6.14. The van der Waals surface area contributed by atoms with E-state index in [9.17, 15) is 18.8 Å². The van der Waals surface area contributed by atoms with Gasteiger partial charge in [0.05, 0.1) is 5.69 Å². The van der Waals surface area contributed by atoms with Crippen molar-refractivity contribution in [3.05, 3.63) is 59.9 Å². The van der Waals surface area contributed by atoms with E-state index in [1.165, 1.54) is 35.2 Å². The molecule has 1 aliphatic heterocycles. The molecule has 7 nitrogen and oxygen atoms in total. The van der Waals surface area contributed by atoms with Gasteiger partial charge < -0.3 is 15.5 Å². The smallest absolute Gasteiger partial charge is 0.316 e. The predicted octanol–water partition coefficient (Wildman–Crippen LogP) is 1.01. The van der Waals surface area contributed by atoms with Crippen molar-refractivity contribution < 1.29 is 18.8 Å². The molecule has 140 valence electrons. The Morgan fingerprint density at radius 2 is 1.56 bits per heavy atom. The van der Waals surface area contributed by atoms with Crippen molar-refractivity contribution in [1.29, 1.82) is 0 Å². The van der Waals surface area contributed by atoms with Gasteiger partial charge in [0.2, 0.25) is 0 Å². The first-order valence-corrected chi connectivity index (χ1v) is 8.45. The van der Waals surface area contributed by atoms with E-state index in [1.807, 2.05) is 4.90 Å². The Kier molecular flexibility index (Phi) is 5.35. The fraction of sp³-hybridized carbons (Fsp3) is 0.211. The van der Waals surface area contributed by atoms with Gasteiger partial charge in [0.1, 0.15) is 5.82 Å². The molecular weight excluding hydrogens is 351 g/mol. The van der Waals surface area contributed by atoms with Gasteiger partial charge in [-0.2, -0.15) is 0 Å². The molecule has 0 aliphatic carbocycles. The van der Waals surface area contributed by atoms with Crippen molar-refractivity contribution in [2.45, 2.75) is 0 Å². The highest BCUT2D eigenvalue weighted by atomic mass is 19.1. The second kappa shape index (κ2) is 7.86. The molecule has 3 N–H and O–H groups in total. The van der Waals surface area contributed by atoms with Crippen LogP contribution in [-0.4, -0.2) is 48.8 Å². The van der Waals surface area contributed by atoms with E-state index < -0.39 is 17.7 Å². The highest BCUT2D eigenvalue weighted by molar-refractivity contribution is 6.38. The lowest BCUT2D eigenvalue weighted by atomic mass is 10.2. The van der Waals surface area contributed by atoms with Crippen molar-refractivity contribution in [1.82, 2.24) is 10.2 Å². The molecule has 0 radical (unpaired) electrons. The summed E-state index contributed by atoms with van der Waals surface area (Å²) < 4.78 is 13.9. The number of para-hydroxylation sites is 1. The van der Waals surface area contributed by atoms with Crippen LogP contribution in [0.2, 0.25) is 0 Å². The van der Waals surface area contributed by atoms with E-state index in [0.29, 0.717) is 24.5 Å². The minimum atomic E-state index is -0.990. The number of imide groups is 1. The van der Waals surface area contributed by atoms with E-state index in [1.54, 1.807) is 18.2 Å². The zero-order valence-electron chi connectivity index (χ0n) is 14.5. The van der Waals surface area contributed by atoms with Crippen molar-refractivity contribution in [2.75, 3.05) is 36.8 Å². The third-order valence-corrected chi connectivity index (χ3v) is 4.35. The number of nitrogens with one attached hydrogen (secondary N) is 1. The van der Waals surface area contributed by atoms with Crippen LogP contribution in [0.15, 0.2) is 48.5 Å². The summed E-state index contributed by atoms with van der Waals surface area (Å²) in [5, 5.41) is 2.08. The highest BCUT2D eigenvalue weighted by Crippen LogP contribution is 2.20. The van der Waals surface area contributed by atoms with Gasteiger partial charge in [0.15, 0.2) is 0 Å². The number of halogens is 1. The number of nitrogen functional groups attached to an aromatic ring is 1. The highest BCUT2D eigenvalue weighted by Gasteiger charge is 2.28. The van der Waals surface area contributed by atoms with Crippen LogP contribution in [0.3, 0.4) is 0 Å². The number of carbonyl (C=O) groups is 3. The number of nitrogens with two attached hydrogens (primary N) is 1. The number of benzene rings is 2. The maximum absolute atomic E-state index is 13.9. The lowest BCUT2D eigenvalue weighted by Gasteiger charge is -2.35. The summed E-state index contributed by atoms with van der Waals surface area (Å²) in [6.07, 6.45) is 0. The number of hydrogen-bond acceptors (Lipinski definition) is 5. The van der Waals surface area contributed by atoms with Crippen LogP contribution < -0.4 is 16.0 Å². The Bertz CT molecular complexity index is 862. The Balaban J connectivity index is 1.55. The van der Waals surface area contributed by atoms with Crippen molar-refractivity contribution >= 4 is 29.1 Å². The number of nitrogens with zero attached hydrogens (tertiary/aromatic N) is 2. The first-order valence-electron chi connectivity index (χ1n) is 8.45.